The molecule has 0 amide bonds. The molecule has 0 unspecified atom stereocenters. The van der Waals surface area contributed by atoms with Gasteiger partial charge >= 0.3 is 0 Å². The highest BCUT2D eigenvalue weighted by molar-refractivity contribution is 4.80. The highest BCUT2D eigenvalue weighted by Crippen LogP contribution is 2.03. The largest absolute Gasteiger partial charge is 0.308 e. The summed E-state index contributed by atoms with van der Waals surface area (Å²) in [7, 11) is 0. The fraction of sp³-hybridized carbons (Fsp3) is 0.889. The molecule has 1 saturated heterocycles. The Hall–Kier alpha value is -0.750. The highest BCUT2D eigenvalue weighted by atomic mass is 15.3. The van der Waals surface area contributed by atoms with Crippen LogP contribution < -0.4 is 0 Å². The van der Waals surface area contributed by atoms with E-state index in [4.69, 9.17) is 5.26 Å². The Morgan fingerprint density at radius 1 is 1.25 bits per heavy atom. The molecule has 0 saturated carbocycles. The first-order valence-electron chi connectivity index (χ1n) is 4.59. The summed E-state index contributed by atoms with van der Waals surface area (Å²) in [5.74, 6) is 0.735. The van der Waals surface area contributed by atoms with Gasteiger partial charge in [-0.3, -0.25) is 4.90 Å². The van der Waals surface area contributed by atoms with E-state index in [9.17, 15) is 0 Å². The molecule has 0 radical (unpaired) electrons. The Bertz CT molecular complexity index is 163. The van der Waals surface area contributed by atoms with Crippen LogP contribution in [0, 0.1) is 17.4 Å². The van der Waals surface area contributed by atoms with E-state index >= 15 is 0 Å². The van der Waals surface area contributed by atoms with Crippen LogP contribution in [0.15, 0.2) is 0 Å². The fourth-order valence-electron chi connectivity index (χ4n) is 1.55. The summed E-state index contributed by atoms with van der Waals surface area (Å²) < 4.78 is 0. The van der Waals surface area contributed by atoms with Gasteiger partial charge in [-0.1, -0.05) is 13.8 Å². The lowest BCUT2D eigenvalue weighted by Crippen LogP contribution is -2.45. The van der Waals surface area contributed by atoms with Crippen molar-refractivity contribution in [3.8, 4) is 6.19 Å². The van der Waals surface area contributed by atoms with Crippen LogP contribution in [0.1, 0.15) is 13.8 Å². The predicted octanol–water partition coefficient (Wildman–Crippen LogP) is 0.741. The van der Waals surface area contributed by atoms with Crippen molar-refractivity contribution in [3.63, 3.8) is 0 Å². The zero-order valence-electron chi connectivity index (χ0n) is 7.95. The summed E-state index contributed by atoms with van der Waals surface area (Å²) in [6.45, 7) is 9.54. The monoisotopic (exact) mass is 167 g/mol. The first kappa shape index (κ1) is 9.34. The van der Waals surface area contributed by atoms with Crippen LogP contribution in [0.3, 0.4) is 0 Å². The van der Waals surface area contributed by atoms with E-state index in [1.54, 1.807) is 0 Å². The molecule has 0 atom stereocenters. The average Bonchev–Trinajstić information content (AvgIpc) is 2.05. The van der Waals surface area contributed by atoms with Gasteiger partial charge in [0.15, 0.2) is 6.19 Å². The van der Waals surface area contributed by atoms with E-state index in [1.807, 2.05) is 4.90 Å². The molecule has 1 aliphatic rings. The van der Waals surface area contributed by atoms with Crippen molar-refractivity contribution in [2.24, 2.45) is 5.92 Å². The summed E-state index contributed by atoms with van der Waals surface area (Å²) in [6.07, 6.45) is 2.18. The minimum absolute atomic E-state index is 0.735. The number of nitriles is 1. The Morgan fingerprint density at radius 3 is 2.25 bits per heavy atom. The molecule has 0 N–H and O–H groups in total. The third-order valence-electron chi connectivity index (χ3n) is 2.14. The van der Waals surface area contributed by atoms with E-state index in [0.29, 0.717) is 0 Å². The molecule has 0 aromatic rings. The van der Waals surface area contributed by atoms with Gasteiger partial charge in [0.25, 0.3) is 0 Å². The molecule has 0 aromatic carbocycles. The second-order valence-corrected chi connectivity index (χ2v) is 3.78. The van der Waals surface area contributed by atoms with Crippen molar-refractivity contribution < 1.29 is 0 Å². The minimum atomic E-state index is 0.735. The maximum atomic E-state index is 8.62. The fourth-order valence-corrected chi connectivity index (χ4v) is 1.55. The minimum Gasteiger partial charge on any atom is -0.308 e. The molecule has 0 aliphatic carbocycles. The molecule has 1 heterocycles. The van der Waals surface area contributed by atoms with E-state index in [1.165, 1.54) is 6.54 Å². The van der Waals surface area contributed by atoms with Gasteiger partial charge in [0.2, 0.25) is 0 Å². The molecule has 3 heteroatoms. The lowest BCUT2D eigenvalue weighted by Gasteiger charge is -2.32. The predicted molar refractivity (Wildman–Crippen MR) is 48.5 cm³/mol. The Labute approximate surface area is 74.6 Å². The summed E-state index contributed by atoms with van der Waals surface area (Å²) in [6, 6.07) is 0. The lowest BCUT2D eigenvalue weighted by atomic mass is 10.2. The second-order valence-electron chi connectivity index (χ2n) is 3.78. The van der Waals surface area contributed by atoms with Crippen LogP contribution in [0.25, 0.3) is 0 Å². The number of rotatable bonds is 2. The Balaban J connectivity index is 2.23. The lowest BCUT2D eigenvalue weighted by molar-refractivity contribution is 0.159. The second kappa shape index (κ2) is 4.32. The van der Waals surface area contributed by atoms with Gasteiger partial charge in [0.05, 0.1) is 0 Å². The Morgan fingerprint density at radius 2 is 1.83 bits per heavy atom. The summed E-state index contributed by atoms with van der Waals surface area (Å²) in [5.41, 5.74) is 0. The summed E-state index contributed by atoms with van der Waals surface area (Å²) in [4.78, 5) is 4.26. The van der Waals surface area contributed by atoms with Crippen molar-refractivity contribution in [1.82, 2.24) is 9.80 Å². The van der Waals surface area contributed by atoms with Crippen LogP contribution in [0.4, 0.5) is 0 Å². The molecule has 1 aliphatic heterocycles. The molecule has 1 fully saturated rings. The van der Waals surface area contributed by atoms with Crippen LogP contribution in [-0.4, -0.2) is 42.5 Å². The third-order valence-corrected chi connectivity index (χ3v) is 2.14. The van der Waals surface area contributed by atoms with Gasteiger partial charge in [-0.25, -0.2) is 0 Å². The van der Waals surface area contributed by atoms with Crippen molar-refractivity contribution in [2.45, 2.75) is 13.8 Å². The number of nitrogens with zero attached hydrogens (tertiary/aromatic N) is 3. The molecule has 1 rings (SSSR count). The molecular formula is C9H17N3. The highest BCUT2D eigenvalue weighted by Gasteiger charge is 2.15. The van der Waals surface area contributed by atoms with Crippen LogP contribution in [-0.2, 0) is 0 Å². The average molecular weight is 167 g/mol. The van der Waals surface area contributed by atoms with Crippen LogP contribution in [0.2, 0.25) is 0 Å². The van der Waals surface area contributed by atoms with Gasteiger partial charge in [-0.15, -0.1) is 0 Å². The number of hydrogen-bond donors (Lipinski definition) is 0. The molecular weight excluding hydrogens is 150 g/mol. The topological polar surface area (TPSA) is 30.3 Å². The molecule has 68 valence electrons. The van der Waals surface area contributed by atoms with Gasteiger partial charge in [-0.2, -0.15) is 5.26 Å². The van der Waals surface area contributed by atoms with Crippen LogP contribution >= 0.6 is 0 Å². The van der Waals surface area contributed by atoms with Crippen LogP contribution in [0.5, 0.6) is 0 Å². The molecule has 3 nitrogen and oxygen atoms in total. The van der Waals surface area contributed by atoms with Gasteiger partial charge in [0, 0.05) is 32.7 Å². The third kappa shape index (κ3) is 2.71. The number of piperazine rings is 1. The molecule has 0 bridgehead atoms. The summed E-state index contributed by atoms with van der Waals surface area (Å²) in [5, 5.41) is 8.62. The van der Waals surface area contributed by atoms with Crippen molar-refractivity contribution in [3.05, 3.63) is 0 Å². The maximum absolute atomic E-state index is 8.62. The quantitative estimate of drug-likeness (QED) is 0.568. The van der Waals surface area contributed by atoms with Crippen molar-refractivity contribution in [2.75, 3.05) is 32.7 Å². The van der Waals surface area contributed by atoms with E-state index < -0.39 is 0 Å². The van der Waals surface area contributed by atoms with Crippen molar-refractivity contribution >= 4 is 0 Å². The molecule has 12 heavy (non-hydrogen) atoms. The van der Waals surface area contributed by atoms with Crippen molar-refractivity contribution in [1.29, 1.82) is 5.26 Å². The number of hydrogen-bond acceptors (Lipinski definition) is 3. The zero-order valence-corrected chi connectivity index (χ0v) is 7.95. The zero-order chi connectivity index (χ0) is 8.97. The molecule has 0 aromatic heterocycles. The SMILES string of the molecule is CC(C)CN1CCN(C#N)CC1. The molecule has 0 spiro atoms. The Kier molecular flexibility index (Phi) is 3.36. The maximum Gasteiger partial charge on any atom is 0.179 e. The van der Waals surface area contributed by atoms with Gasteiger partial charge in [-0.05, 0) is 5.92 Å². The van der Waals surface area contributed by atoms with E-state index in [2.05, 4.69) is 24.9 Å². The normalized spacial score (nSPS) is 19.7. The summed E-state index contributed by atoms with van der Waals surface area (Å²) >= 11 is 0. The first-order valence-corrected chi connectivity index (χ1v) is 4.59. The van der Waals surface area contributed by atoms with Gasteiger partial charge in [0.1, 0.15) is 0 Å². The van der Waals surface area contributed by atoms with E-state index in [0.717, 1.165) is 32.1 Å². The smallest absolute Gasteiger partial charge is 0.179 e. The first-order chi connectivity index (χ1) is 5.72. The van der Waals surface area contributed by atoms with E-state index in [-0.39, 0.29) is 0 Å². The standard InChI is InChI=1S/C9H17N3/c1-9(2)7-11-3-5-12(8-10)6-4-11/h9H,3-7H2,1-2H3. The van der Waals surface area contributed by atoms with Gasteiger partial charge < -0.3 is 4.90 Å².